The maximum Gasteiger partial charge on any atom is 0.0939 e. The van der Waals surface area contributed by atoms with Gasteiger partial charge in [0.2, 0.25) is 0 Å². The van der Waals surface area contributed by atoms with Crippen LogP contribution in [0.2, 0.25) is 0 Å². The molecule has 1 saturated carbocycles. The van der Waals surface area contributed by atoms with E-state index in [0.717, 1.165) is 32.3 Å². The Balaban J connectivity index is 2.32. The summed E-state index contributed by atoms with van der Waals surface area (Å²) in [4.78, 5) is 0. The third kappa shape index (κ3) is 4.89. The topological polar surface area (TPSA) is 29.5 Å². The highest BCUT2D eigenvalue weighted by Gasteiger charge is 2.39. The van der Waals surface area contributed by atoms with E-state index >= 15 is 0 Å². The van der Waals surface area contributed by atoms with Crippen LogP contribution >= 0.6 is 0 Å². The van der Waals surface area contributed by atoms with E-state index in [1.807, 2.05) is 6.92 Å². The monoisotopic (exact) mass is 256 g/mol. The molecule has 0 heterocycles. The molecule has 0 aromatic carbocycles. The van der Waals surface area contributed by atoms with Crippen molar-refractivity contribution >= 4 is 0 Å². The van der Waals surface area contributed by atoms with Crippen molar-refractivity contribution in [2.24, 2.45) is 0 Å². The van der Waals surface area contributed by atoms with Crippen molar-refractivity contribution in [3.63, 3.8) is 0 Å². The number of aliphatic hydroxyl groups is 1. The van der Waals surface area contributed by atoms with Crippen molar-refractivity contribution in [1.82, 2.24) is 0 Å². The molecule has 1 aliphatic carbocycles. The fourth-order valence-corrected chi connectivity index (χ4v) is 3.22. The third-order valence-corrected chi connectivity index (χ3v) is 4.32. The average molecular weight is 256 g/mol. The predicted octanol–water partition coefficient (Wildman–Crippen LogP) is 4.45. The lowest BCUT2D eigenvalue weighted by Gasteiger charge is -2.41. The Morgan fingerprint density at radius 2 is 1.67 bits per heavy atom. The number of ether oxygens (including phenoxy) is 1. The summed E-state index contributed by atoms with van der Waals surface area (Å²) in [7, 11) is 0. The van der Waals surface area contributed by atoms with Crippen LogP contribution in [0.5, 0.6) is 0 Å². The second-order valence-corrected chi connectivity index (χ2v) is 5.78. The molecule has 0 amide bonds. The fourth-order valence-electron chi connectivity index (χ4n) is 3.22. The Morgan fingerprint density at radius 3 is 2.28 bits per heavy atom. The number of aliphatic hydroxyl groups excluding tert-OH is 1. The lowest BCUT2D eigenvalue weighted by atomic mass is 9.79. The minimum absolute atomic E-state index is 0.211. The van der Waals surface area contributed by atoms with Crippen LogP contribution in [0.25, 0.3) is 0 Å². The predicted molar refractivity (Wildman–Crippen MR) is 76.8 cm³/mol. The molecule has 108 valence electrons. The first-order valence-electron chi connectivity index (χ1n) is 8.07. The molecule has 1 atom stereocenters. The van der Waals surface area contributed by atoms with Crippen molar-refractivity contribution in [2.45, 2.75) is 96.2 Å². The van der Waals surface area contributed by atoms with Gasteiger partial charge >= 0.3 is 0 Å². The van der Waals surface area contributed by atoms with Gasteiger partial charge in [0.15, 0.2) is 0 Å². The molecule has 1 N–H and O–H groups in total. The van der Waals surface area contributed by atoms with Crippen LogP contribution in [-0.2, 0) is 4.74 Å². The van der Waals surface area contributed by atoms with Gasteiger partial charge in [-0.2, -0.15) is 0 Å². The maximum atomic E-state index is 10.5. The zero-order valence-electron chi connectivity index (χ0n) is 12.4. The van der Waals surface area contributed by atoms with Crippen LogP contribution in [0.4, 0.5) is 0 Å². The number of unbranched alkanes of at least 4 members (excludes halogenated alkanes) is 4. The molecule has 1 aliphatic rings. The van der Waals surface area contributed by atoms with Crippen molar-refractivity contribution in [1.29, 1.82) is 0 Å². The Hall–Kier alpha value is -0.0800. The summed E-state index contributed by atoms with van der Waals surface area (Å²) in [6.45, 7) is 5.01. The summed E-state index contributed by atoms with van der Waals surface area (Å²) in [6.07, 6.45) is 12.8. The molecule has 1 rings (SSSR count). The number of hydrogen-bond acceptors (Lipinski definition) is 2. The molecule has 0 aromatic rings. The van der Waals surface area contributed by atoms with Crippen molar-refractivity contribution in [3.05, 3.63) is 0 Å². The summed E-state index contributed by atoms with van der Waals surface area (Å²) >= 11 is 0. The highest BCUT2D eigenvalue weighted by molar-refractivity contribution is 4.91. The first-order chi connectivity index (χ1) is 8.75. The second-order valence-electron chi connectivity index (χ2n) is 5.78. The van der Waals surface area contributed by atoms with Gasteiger partial charge in [-0.05, 0) is 26.2 Å². The largest absolute Gasteiger partial charge is 0.390 e. The molecule has 0 saturated heterocycles. The standard InChI is InChI=1S/C16H32O2/c1-3-5-6-7-9-12-15(17)16(18-4-2)13-10-8-11-14-16/h15,17H,3-14H2,1-2H3. The lowest BCUT2D eigenvalue weighted by Crippen LogP contribution is -2.46. The van der Waals surface area contributed by atoms with Crippen LogP contribution in [0.3, 0.4) is 0 Å². The van der Waals surface area contributed by atoms with E-state index < -0.39 is 0 Å². The normalized spacial score (nSPS) is 20.8. The van der Waals surface area contributed by atoms with Crippen LogP contribution in [0.1, 0.15) is 84.5 Å². The molecule has 0 radical (unpaired) electrons. The number of rotatable bonds is 9. The van der Waals surface area contributed by atoms with E-state index in [9.17, 15) is 5.11 Å². The van der Waals surface area contributed by atoms with Crippen LogP contribution in [-0.4, -0.2) is 23.4 Å². The van der Waals surface area contributed by atoms with Gasteiger partial charge in [-0.25, -0.2) is 0 Å². The molecule has 1 unspecified atom stereocenters. The molecule has 0 aliphatic heterocycles. The van der Waals surface area contributed by atoms with Gasteiger partial charge < -0.3 is 9.84 Å². The van der Waals surface area contributed by atoms with Crippen molar-refractivity contribution < 1.29 is 9.84 Å². The molecular weight excluding hydrogens is 224 g/mol. The molecule has 18 heavy (non-hydrogen) atoms. The fraction of sp³-hybridized carbons (Fsp3) is 1.00. The Morgan fingerprint density at radius 1 is 1.00 bits per heavy atom. The van der Waals surface area contributed by atoms with E-state index in [0.29, 0.717) is 0 Å². The van der Waals surface area contributed by atoms with E-state index in [-0.39, 0.29) is 11.7 Å². The van der Waals surface area contributed by atoms with Gasteiger partial charge in [-0.3, -0.25) is 0 Å². The highest BCUT2D eigenvalue weighted by Crippen LogP contribution is 2.36. The summed E-state index contributed by atoms with van der Waals surface area (Å²) in [5.41, 5.74) is -0.211. The van der Waals surface area contributed by atoms with Crippen LogP contribution < -0.4 is 0 Å². The van der Waals surface area contributed by atoms with Gasteiger partial charge in [-0.1, -0.05) is 58.3 Å². The Labute approximate surface area is 113 Å². The maximum absolute atomic E-state index is 10.5. The van der Waals surface area contributed by atoms with Crippen molar-refractivity contribution in [2.75, 3.05) is 6.61 Å². The van der Waals surface area contributed by atoms with Gasteiger partial charge in [0.25, 0.3) is 0 Å². The SMILES string of the molecule is CCCCCCCC(O)C1(OCC)CCCCC1. The third-order valence-electron chi connectivity index (χ3n) is 4.32. The summed E-state index contributed by atoms with van der Waals surface area (Å²) in [6, 6.07) is 0. The second kappa shape index (κ2) is 8.92. The van der Waals surface area contributed by atoms with Gasteiger partial charge in [0.05, 0.1) is 11.7 Å². The summed E-state index contributed by atoms with van der Waals surface area (Å²) in [5.74, 6) is 0. The van der Waals surface area contributed by atoms with E-state index in [1.54, 1.807) is 0 Å². The number of hydrogen-bond donors (Lipinski definition) is 1. The lowest BCUT2D eigenvalue weighted by molar-refractivity contribution is -0.141. The Kier molecular flexibility index (Phi) is 7.92. The molecule has 0 bridgehead atoms. The molecule has 1 fully saturated rings. The quantitative estimate of drug-likeness (QED) is 0.618. The van der Waals surface area contributed by atoms with Gasteiger partial charge in [0, 0.05) is 6.61 Å². The first-order valence-corrected chi connectivity index (χ1v) is 8.07. The average Bonchev–Trinajstić information content (AvgIpc) is 2.39. The van der Waals surface area contributed by atoms with E-state index in [2.05, 4.69) is 6.92 Å². The molecule has 0 aromatic heterocycles. The van der Waals surface area contributed by atoms with Crippen LogP contribution in [0, 0.1) is 0 Å². The van der Waals surface area contributed by atoms with Crippen LogP contribution in [0.15, 0.2) is 0 Å². The molecule has 2 heteroatoms. The minimum atomic E-state index is -0.251. The minimum Gasteiger partial charge on any atom is -0.390 e. The molecule has 2 nitrogen and oxygen atoms in total. The molecule has 0 spiro atoms. The summed E-state index contributed by atoms with van der Waals surface area (Å²) in [5, 5.41) is 10.5. The first kappa shape index (κ1) is 16.0. The zero-order chi connectivity index (χ0) is 13.3. The summed E-state index contributed by atoms with van der Waals surface area (Å²) < 4.78 is 5.96. The van der Waals surface area contributed by atoms with Gasteiger partial charge in [0.1, 0.15) is 0 Å². The Bertz CT molecular complexity index is 192. The highest BCUT2D eigenvalue weighted by atomic mass is 16.5. The smallest absolute Gasteiger partial charge is 0.0939 e. The van der Waals surface area contributed by atoms with E-state index in [1.165, 1.54) is 44.9 Å². The molecular formula is C16H32O2. The van der Waals surface area contributed by atoms with Gasteiger partial charge in [-0.15, -0.1) is 0 Å². The zero-order valence-corrected chi connectivity index (χ0v) is 12.4. The van der Waals surface area contributed by atoms with Crippen molar-refractivity contribution in [3.8, 4) is 0 Å². The van der Waals surface area contributed by atoms with E-state index in [4.69, 9.17) is 4.74 Å².